The van der Waals surface area contributed by atoms with Gasteiger partial charge in [-0.3, -0.25) is 5.21 Å². The lowest BCUT2D eigenvalue weighted by Gasteiger charge is -1.99. The van der Waals surface area contributed by atoms with Gasteiger partial charge in [-0.15, -0.1) is 10.3 Å². The summed E-state index contributed by atoms with van der Waals surface area (Å²) in [6.07, 6.45) is 5.13. The van der Waals surface area contributed by atoms with Gasteiger partial charge in [0.1, 0.15) is 0 Å². The van der Waals surface area contributed by atoms with Gasteiger partial charge in [-0.25, -0.2) is 0 Å². The van der Waals surface area contributed by atoms with Crippen LogP contribution in [0.2, 0.25) is 0 Å². The van der Waals surface area contributed by atoms with Crippen LogP contribution in [0.15, 0.2) is 41.6 Å². The second-order valence-corrected chi connectivity index (χ2v) is 2.49. The van der Waals surface area contributed by atoms with Crippen LogP contribution in [-0.2, 0) is 0 Å². The first kappa shape index (κ1) is 9.48. The molecule has 1 N–H and O–H groups in total. The Hall–Kier alpha value is -1.61. The Morgan fingerprint density at radius 3 is 2.85 bits per heavy atom. The Morgan fingerprint density at radius 2 is 2.00 bits per heavy atom. The van der Waals surface area contributed by atoms with Crippen molar-refractivity contribution in [3.63, 3.8) is 0 Å². The van der Waals surface area contributed by atoms with Crippen molar-refractivity contribution in [1.82, 2.24) is 5.17 Å². The number of benzene rings is 1. The lowest BCUT2D eigenvalue weighted by molar-refractivity contribution is -0.0429. The van der Waals surface area contributed by atoms with Crippen LogP contribution in [0.25, 0.3) is 6.08 Å². The lowest BCUT2D eigenvalue weighted by Crippen LogP contribution is -2.25. The van der Waals surface area contributed by atoms with Crippen LogP contribution >= 0.6 is 0 Å². The van der Waals surface area contributed by atoms with Crippen LogP contribution in [0.4, 0.5) is 0 Å². The quantitative estimate of drug-likeness (QED) is 0.636. The first-order valence-corrected chi connectivity index (χ1v) is 3.66. The largest absolute Gasteiger partial charge is 0.268 e. The van der Waals surface area contributed by atoms with E-state index in [2.05, 4.69) is 5.10 Å². The zero-order valence-corrected chi connectivity index (χ0v) is 6.38. The summed E-state index contributed by atoms with van der Waals surface area (Å²) in [7, 11) is 0. The summed E-state index contributed by atoms with van der Waals surface area (Å²) in [5, 5.41) is 15.6. The first-order valence-electron chi connectivity index (χ1n) is 3.66. The van der Waals surface area contributed by atoms with Crippen LogP contribution in [0.1, 0.15) is 7.43 Å². The van der Waals surface area contributed by atoms with Crippen LogP contribution in [0.3, 0.4) is 0 Å². The van der Waals surface area contributed by atoms with Gasteiger partial charge in [0.2, 0.25) is 0 Å². The molecule has 3 heteroatoms. The first-order chi connectivity index (χ1) is 5.86. The predicted octanol–water partition coefficient (Wildman–Crippen LogP) is 0.856. The third kappa shape index (κ3) is 1.95. The molecule has 1 aliphatic heterocycles. The Kier molecular flexibility index (Phi) is 2.82. The van der Waals surface area contributed by atoms with Crippen molar-refractivity contribution in [1.29, 1.82) is 0 Å². The fourth-order valence-electron chi connectivity index (χ4n) is 1.09. The minimum Gasteiger partial charge on any atom is -0.268 e. The molecule has 0 radical (unpaired) electrons. The van der Waals surface area contributed by atoms with Crippen LogP contribution < -0.4 is 10.6 Å². The molecule has 1 aliphatic rings. The van der Waals surface area contributed by atoms with Gasteiger partial charge in [-0.2, -0.15) is 0 Å². The van der Waals surface area contributed by atoms with Gasteiger partial charge < -0.3 is 0 Å². The van der Waals surface area contributed by atoms with Crippen molar-refractivity contribution in [2.75, 3.05) is 0 Å². The Bertz CT molecular complexity index is 423. The Balaban J connectivity index is 0.000000845. The van der Waals surface area contributed by atoms with Gasteiger partial charge in [0, 0.05) is 5.22 Å². The molecule has 0 unspecified atom stereocenters. The monoisotopic (exact) mass is 176 g/mol. The van der Waals surface area contributed by atoms with Gasteiger partial charge in [0.05, 0.1) is 11.6 Å². The number of nitrogens with zero attached hydrogens (tertiary/aromatic N) is 2. The molecule has 0 amide bonds. The molecule has 1 aromatic rings. The van der Waals surface area contributed by atoms with Gasteiger partial charge in [-0.05, 0) is 12.1 Å². The SMILES string of the molecule is C.ON1C=CC=c2ccccc2=N1. The highest BCUT2D eigenvalue weighted by atomic mass is 16.5. The molecule has 2 rings (SSSR count). The minimum atomic E-state index is 0. The van der Waals surface area contributed by atoms with E-state index < -0.39 is 0 Å². The molecular formula is C10H12N2O. The van der Waals surface area contributed by atoms with E-state index in [0.717, 1.165) is 15.7 Å². The summed E-state index contributed by atoms with van der Waals surface area (Å²) in [4.78, 5) is 0. The molecule has 68 valence electrons. The maximum absolute atomic E-state index is 9.10. The van der Waals surface area contributed by atoms with Gasteiger partial charge in [-0.1, -0.05) is 31.7 Å². The molecule has 0 atom stereocenters. The van der Waals surface area contributed by atoms with Gasteiger partial charge in [0.25, 0.3) is 0 Å². The number of hydrogen-bond donors (Lipinski definition) is 1. The van der Waals surface area contributed by atoms with Crippen LogP contribution in [-0.4, -0.2) is 10.4 Å². The van der Waals surface area contributed by atoms with E-state index in [1.165, 1.54) is 6.20 Å². The van der Waals surface area contributed by atoms with Crippen molar-refractivity contribution in [2.45, 2.75) is 7.43 Å². The molecule has 0 aromatic heterocycles. The third-order valence-electron chi connectivity index (χ3n) is 1.64. The average Bonchev–Trinajstić information content (AvgIpc) is 2.25. The normalized spacial score (nSPS) is 13.2. The molecule has 0 saturated heterocycles. The minimum absolute atomic E-state index is 0. The number of rotatable bonds is 0. The summed E-state index contributed by atoms with van der Waals surface area (Å²) in [5.74, 6) is 0. The molecule has 0 fully saturated rings. The summed E-state index contributed by atoms with van der Waals surface area (Å²) in [6, 6.07) is 7.62. The number of hydroxylamine groups is 1. The summed E-state index contributed by atoms with van der Waals surface area (Å²) < 4.78 is 0. The van der Waals surface area contributed by atoms with Crippen molar-refractivity contribution >= 4 is 6.08 Å². The number of allylic oxidation sites excluding steroid dienone is 1. The van der Waals surface area contributed by atoms with Crippen LogP contribution in [0, 0.1) is 0 Å². The molecule has 13 heavy (non-hydrogen) atoms. The van der Waals surface area contributed by atoms with E-state index >= 15 is 0 Å². The van der Waals surface area contributed by atoms with E-state index in [0.29, 0.717) is 0 Å². The molecular weight excluding hydrogens is 164 g/mol. The van der Waals surface area contributed by atoms with E-state index in [1.54, 1.807) is 6.08 Å². The third-order valence-corrected chi connectivity index (χ3v) is 1.64. The van der Waals surface area contributed by atoms with Crippen molar-refractivity contribution in [2.24, 2.45) is 5.10 Å². The predicted molar refractivity (Wildman–Crippen MR) is 51.2 cm³/mol. The molecule has 3 nitrogen and oxygen atoms in total. The molecule has 0 spiro atoms. The standard InChI is InChI=1S/C9H8N2O.CH4/c12-11-7-3-5-8-4-1-2-6-9(8)10-11;/h1-7,12H;1H4. The molecule has 1 aromatic carbocycles. The summed E-state index contributed by atoms with van der Waals surface area (Å²) in [5.41, 5.74) is 0. The maximum atomic E-state index is 9.10. The summed E-state index contributed by atoms with van der Waals surface area (Å²) >= 11 is 0. The van der Waals surface area contributed by atoms with Crippen molar-refractivity contribution < 1.29 is 5.21 Å². The Labute approximate surface area is 76.9 Å². The van der Waals surface area contributed by atoms with E-state index in [1.807, 2.05) is 30.3 Å². The van der Waals surface area contributed by atoms with Crippen molar-refractivity contribution in [3.8, 4) is 0 Å². The highest BCUT2D eigenvalue weighted by molar-refractivity contribution is 5.36. The summed E-state index contributed by atoms with van der Waals surface area (Å²) in [6.45, 7) is 0. The fraction of sp³-hybridized carbons (Fsp3) is 0.100. The van der Waals surface area contributed by atoms with E-state index in [9.17, 15) is 0 Å². The fourth-order valence-corrected chi connectivity index (χ4v) is 1.09. The molecule has 0 aliphatic carbocycles. The Morgan fingerprint density at radius 1 is 1.23 bits per heavy atom. The number of hydrogen-bond acceptors (Lipinski definition) is 3. The zero-order valence-electron chi connectivity index (χ0n) is 6.38. The van der Waals surface area contributed by atoms with E-state index in [4.69, 9.17) is 5.21 Å². The second kappa shape index (κ2) is 3.87. The lowest BCUT2D eigenvalue weighted by atomic mass is 10.3. The topological polar surface area (TPSA) is 35.8 Å². The van der Waals surface area contributed by atoms with Crippen molar-refractivity contribution in [3.05, 3.63) is 47.1 Å². The van der Waals surface area contributed by atoms with E-state index in [-0.39, 0.29) is 7.43 Å². The van der Waals surface area contributed by atoms with Gasteiger partial charge in [0.15, 0.2) is 0 Å². The smallest absolute Gasteiger partial charge is 0.0933 e. The average molecular weight is 176 g/mol. The highest BCUT2D eigenvalue weighted by Crippen LogP contribution is 1.86. The van der Waals surface area contributed by atoms with Gasteiger partial charge >= 0.3 is 0 Å². The maximum Gasteiger partial charge on any atom is 0.0933 e. The molecule has 0 saturated carbocycles. The second-order valence-electron chi connectivity index (χ2n) is 2.49. The molecule has 1 heterocycles. The molecule has 0 bridgehead atoms. The highest BCUT2D eigenvalue weighted by Gasteiger charge is 1.91. The number of fused-ring (bicyclic) bond motifs is 1. The van der Waals surface area contributed by atoms with Crippen LogP contribution in [0.5, 0.6) is 0 Å². The zero-order chi connectivity index (χ0) is 8.39.